The van der Waals surface area contributed by atoms with Gasteiger partial charge in [-0.2, -0.15) is 0 Å². The number of hydrogen-bond acceptors (Lipinski definition) is 4. The molecule has 1 aliphatic rings. The van der Waals surface area contributed by atoms with E-state index in [0.29, 0.717) is 10.6 Å². The number of thiophene rings is 1. The molecule has 5 heteroatoms. The van der Waals surface area contributed by atoms with Crippen LogP contribution in [0.5, 0.6) is 0 Å². The minimum absolute atomic E-state index is 0.0167. The predicted octanol–water partition coefficient (Wildman–Crippen LogP) is 4.93. The Labute approximate surface area is 139 Å². The van der Waals surface area contributed by atoms with Gasteiger partial charge in [0.15, 0.2) is 0 Å². The van der Waals surface area contributed by atoms with Crippen molar-refractivity contribution >= 4 is 22.3 Å². The molecule has 0 aliphatic heterocycles. The summed E-state index contributed by atoms with van der Waals surface area (Å²) in [5.74, 6) is -0.668. The molecule has 23 heavy (non-hydrogen) atoms. The Hall–Kier alpha value is -1.88. The molecule has 3 rings (SSSR count). The standard InChI is InChI=1S/C18H20FNO2S/c1-11-15(12-7-9-13(19)10-8-12)16(17(20)23-11)18(21)22-14-5-3-2-4-6-14/h7-10,14H,2-6,20H2,1H3. The summed E-state index contributed by atoms with van der Waals surface area (Å²) in [6, 6.07) is 6.11. The highest BCUT2D eigenvalue weighted by atomic mass is 32.1. The molecule has 0 amide bonds. The summed E-state index contributed by atoms with van der Waals surface area (Å²) >= 11 is 1.37. The molecule has 0 saturated heterocycles. The molecule has 1 heterocycles. The third-order valence-corrected chi connectivity index (χ3v) is 5.21. The van der Waals surface area contributed by atoms with Crippen molar-refractivity contribution in [1.82, 2.24) is 0 Å². The Balaban J connectivity index is 1.92. The lowest BCUT2D eigenvalue weighted by molar-refractivity contribution is 0.0213. The van der Waals surface area contributed by atoms with Crippen molar-refractivity contribution in [2.45, 2.75) is 45.1 Å². The number of nitrogen functional groups attached to an aromatic ring is 1. The van der Waals surface area contributed by atoms with Gasteiger partial charge in [0, 0.05) is 10.4 Å². The largest absolute Gasteiger partial charge is 0.459 e. The van der Waals surface area contributed by atoms with E-state index >= 15 is 0 Å². The van der Waals surface area contributed by atoms with Crippen LogP contribution in [-0.2, 0) is 4.74 Å². The second-order valence-corrected chi connectivity index (χ2v) is 7.20. The van der Waals surface area contributed by atoms with E-state index in [9.17, 15) is 9.18 Å². The van der Waals surface area contributed by atoms with Gasteiger partial charge >= 0.3 is 5.97 Å². The van der Waals surface area contributed by atoms with Crippen molar-refractivity contribution in [3.05, 3.63) is 40.5 Å². The average Bonchev–Trinajstić information content (AvgIpc) is 2.83. The molecule has 1 aromatic heterocycles. The van der Waals surface area contributed by atoms with Gasteiger partial charge in [0.05, 0.1) is 0 Å². The minimum Gasteiger partial charge on any atom is -0.459 e. The lowest BCUT2D eigenvalue weighted by Crippen LogP contribution is -2.21. The molecule has 1 fully saturated rings. The molecule has 122 valence electrons. The van der Waals surface area contributed by atoms with Crippen LogP contribution in [0.3, 0.4) is 0 Å². The molecule has 0 spiro atoms. The van der Waals surface area contributed by atoms with Crippen LogP contribution in [0.15, 0.2) is 24.3 Å². The molecule has 1 saturated carbocycles. The van der Waals surface area contributed by atoms with Gasteiger partial charge in [-0.1, -0.05) is 18.6 Å². The fraction of sp³-hybridized carbons (Fsp3) is 0.389. The molecular weight excluding hydrogens is 313 g/mol. The van der Waals surface area contributed by atoms with E-state index < -0.39 is 0 Å². The number of halogens is 1. The molecule has 0 bridgehead atoms. The second kappa shape index (κ2) is 6.71. The van der Waals surface area contributed by atoms with E-state index in [0.717, 1.165) is 41.7 Å². The van der Waals surface area contributed by atoms with Crippen LogP contribution in [0.4, 0.5) is 9.39 Å². The van der Waals surface area contributed by atoms with Crippen LogP contribution in [0.1, 0.15) is 47.3 Å². The summed E-state index contributed by atoms with van der Waals surface area (Å²) in [5.41, 5.74) is 8.02. The predicted molar refractivity (Wildman–Crippen MR) is 91.2 cm³/mol. The summed E-state index contributed by atoms with van der Waals surface area (Å²) in [4.78, 5) is 13.6. The fourth-order valence-electron chi connectivity index (χ4n) is 3.13. The lowest BCUT2D eigenvalue weighted by Gasteiger charge is -2.22. The van der Waals surface area contributed by atoms with E-state index in [1.807, 2.05) is 6.92 Å². The van der Waals surface area contributed by atoms with Gasteiger partial charge in [-0.15, -0.1) is 11.3 Å². The van der Waals surface area contributed by atoms with E-state index in [1.165, 1.54) is 29.9 Å². The maximum absolute atomic E-state index is 13.2. The maximum atomic E-state index is 13.2. The summed E-state index contributed by atoms with van der Waals surface area (Å²) in [6.07, 6.45) is 5.22. The number of esters is 1. The Morgan fingerprint density at radius 2 is 1.87 bits per heavy atom. The molecule has 3 nitrogen and oxygen atoms in total. The SMILES string of the molecule is Cc1sc(N)c(C(=O)OC2CCCCC2)c1-c1ccc(F)cc1. The minimum atomic E-state index is -0.363. The lowest BCUT2D eigenvalue weighted by atomic mass is 9.97. The van der Waals surface area contributed by atoms with E-state index in [1.54, 1.807) is 12.1 Å². The molecule has 1 aliphatic carbocycles. The van der Waals surface area contributed by atoms with Gasteiger partial charge < -0.3 is 10.5 Å². The van der Waals surface area contributed by atoms with Crippen LogP contribution >= 0.6 is 11.3 Å². The van der Waals surface area contributed by atoms with Crippen molar-refractivity contribution in [3.8, 4) is 11.1 Å². The molecule has 0 radical (unpaired) electrons. The van der Waals surface area contributed by atoms with Gasteiger partial charge in [-0.3, -0.25) is 0 Å². The number of aryl methyl sites for hydroxylation is 1. The van der Waals surface area contributed by atoms with Crippen LogP contribution in [0.25, 0.3) is 11.1 Å². The summed E-state index contributed by atoms with van der Waals surface area (Å²) in [6.45, 7) is 1.91. The van der Waals surface area contributed by atoms with Crippen LogP contribution in [0, 0.1) is 12.7 Å². The number of carbonyl (C=O) groups excluding carboxylic acids is 1. The van der Waals surface area contributed by atoms with Crippen LogP contribution in [0.2, 0.25) is 0 Å². The smallest absolute Gasteiger partial charge is 0.342 e. The van der Waals surface area contributed by atoms with E-state index in [4.69, 9.17) is 10.5 Å². The normalized spacial score (nSPS) is 15.6. The highest BCUT2D eigenvalue weighted by Gasteiger charge is 2.26. The van der Waals surface area contributed by atoms with Gasteiger partial charge in [0.1, 0.15) is 22.5 Å². The highest BCUT2D eigenvalue weighted by Crippen LogP contribution is 2.39. The first-order chi connectivity index (χ1) is 11.1. The highest BCUT2D eigenvalue weighted by molar-refractivity contribution is 7.16. The number of nitrogens with two attached hydrogens (primary N) is 1. The van der Waals surface area contributed by atoms with Gasteiger partial charge in [-0.25, -0.2) is 9.18 Å². The third kappa shape index (κ3) is 3.39. The van der Waals surface area contributed by atoms with E-state index in [-0.39, 0.29) is 17.9 Å². The molecule has 0 atom stereocenters. The van der Waals surface area contributed by atoms with Crippen molar-refractivity contribution in [2.75, 3.05) is 5.73 Å². The zero-order chi connectivity index (χ0) is 16.4. The molecular formula is C18H20FNO2S. The van der Waals surface area contributed by atoms with Gasteiger partial charge in [0.2, 0.25) is 0 Å². The number of hydrogen-bond donors (Lipinski definition) is 1. The maximum Gasteiger partial charge on any atom is 0.342 e. The Morgan fingerprint density at radius 3 is 2.52 bits per heavy atom. The quantitative estimate of drug-likeness (QED) is 0.810. The second-order valence-electron chi connectivity index (χ2n) is 5.94. The average molecular weight is 333 g/mol. The zero-order valence-electron chi connectivity index (χ0n) is 13.1. The Kier molecular flexibility index (Phi) is 4.66. The monoisotopic (exact) mass is 333 g/mol. The van der Waals surface area contributed by atoms with Crippen molar-refractivity contribution in [1.29, 1.82) is 0 Å². The zero-order valence-corrected chi connectivity index (χ0v) is 13.9. The fourth-order valence-corrected chi connectivity index (χ4v) is 4.07. The summed E-state index contributed by atoms with van der Waals surface area (Å²) in [7, 11) is 0. The number of ether oxygens (including phenoxy) is 1. The Bertz CT molecular complexity index is 703. The number of benzene rings is 1. The first-order valence-electron chi connectivity index (χ1n) is 7.92. The van der Waals surface area contributed by atoms with Crippen molar-refractivity contribution < 1.29 is 13.9 Å². The molecule has 2 aromatic rings. The number of anilines is 1. The molecule has 2 N–H and O–H groups in total. The first kappa shape index (κ1) is 16.0. The van der Waals surface area contributed by atoms with Crippen LogP contribution in [-0.4, -0.2) is 12.1 Å². The number of rotatable bonds is 3. The van der Waals surface area contributed by atoms with Gasteiger partial charge in [-0.05, 0) is 50.3 Å². The van der Waals surface area contributed by atoms with Crippen LogP contribution < -0.4 is 5.73 Å². The Morgan fingerprint density at radius 1 is 1.22 bits per heavy atom. The molecule has 1 aromatic carbocycles. The van der Waals surface area contributed by atoms with Crippen molar-refractivity contribution in [2.24, 2.45) is 0 Å². The topological polar surface area (TPSA) is 52.3 Å². The van der Waals surface area contributed by atoms with E-state index in [2.05, 4.69) is 0 Å². The third-order valence-electron chi connectivity index (χ3n) is 4.27. The summed E-state index contributed by atoms with van der Waals surface area (Å²) in [5, 5.41) is 0.461. The summed E-state index contributed by atoms with van der Waals surface area (Å²) < 4.78 is 18.8. The molecule has 0 unspecified atom stereocenters. The first-order valence-corrected chi connectivity index (χ1v) is 8.73. The van der Waals surface area contributed by atoms with Crippen molar-refractivity contribution in [3.63, 3.8) is 0 Å². The number of carbonyl (C=O) groups is 1. The van der Waals surface area contributed by atoms with Gasteiger partial charge in [0.25, 0.3) is 0 Å².